The summed E-state index contributed by atoms with van der Waals surface area (Å²) in [6.45, 7) is 2.87. The second kappa shape index (κ2) is 10.6. The van der Waals surface area contributed by atoms with Crippen LogP contribution in [0, 0.1) is 12.8 Å². The van der Waals surface area contributed by atoms with Gasteiger partial charge >= 0.3 is 0 Å². The van der Waals surface area contributed by atoms with Crippen LogP contribution in [0.15, 0.2) is 53.4 Å². The standard InChI is InChI=1S/C26H33N3O4S/c1-19-12-14-24(15-13-19)34(32,33)28-23-11-5-7-20(17-23)26(31)29-16-6-8-21(18-29)25(30)27-22-9-3-2-4-10-22/h5,7,11-15,17,21-22,28H,2-4,6,8-10,16,18H2,1H3,(H,27,30). The molecule has 2 aromatic carbocycles. The molecule has 0 aromatic heterocycles. The van der Waals surface area contributed by atoms with Crippen LogP contribution >= 0.6 is 0 Å². The van der Waals surface area contributed by atoms with Crippen molar-refractivity contribution >= 4 is 27.5 Å². The summed E-state index contributed by atoms with van der Waals surface area (Å²) >= 11 is 0. The van der Waals surface area contributed by atoms with E-state index in [1.165, 1.54) is 6.42 Å². The summed E-state index contributed by atoms with van der Waals surface area (Å²) in [5, 5.41) is 3.19. The molecular weight excluding hydrogens is 450 g/mol. The Morgan fingerprint density at radius 3 is 2.41 bits per heavy atom. The molecule has 1 saturated heterocycles. The highest BCUT2D eigenvalue weighted by molar-refractivity contribution is 7.92. The molecule has 2 aromatic rings. The zero-order chi connectivity index (χ0) is 24.1. The first-order chi connectivity index (χ1) is 16.3. The molecule has 2 N–H and O–H groups in total. The topological polar surface area (TPSA) is 95.6 Å². The van der Waals surface area contributed by atoms with Crippen LogP contribution in [-0.4, -0.2) is 44.3 Å². The fourth-order valence-corrected chi connectivity index (χ4v) is 5.82. The minimum Gasteiger partial charge on any atom is -0.353 e. The Hall–Kier alpha value is -2.87. The quantitative estimate of drug-likeness (QED) is 0.647. The molecule has 1 aliphatic heterocycles. The Kier molecular flexibility index (Phi) is 7.56. The van der Waals surface area contributed by atoms with Gasteiger partial charge in [0, 0.05) is 30.4 Å². The van der Waals surface area contributed by atoms with Crippen LogP contribution < -0.4 is 10.0 Å². The Labute approximate surface area is 202 Å². The van der Waals surface area contributed by atoms with Gasteiger partial charge in [0.1, 0.15) is 0 Å². The van der Waals surface area contributed by atoms with Crippen molar-refractivity contribution < 1.29 is 18.0 Å². The number of likely N-dealkylation sites (tertiary alicyclic amines) is 1. The molecule has 4 rings (SSSR count). The van der Waals surface area contributed by atoms with Gasteiger partial charge in [-0.15, -0.1) is 0 Å². The number of hydrogen-bond acceptors (Lipinski definition) is 4. The Morgan fingerprint density at radius 2 is 1.68 bits per heavy atom. The fourth-order valence-electron chi connectivity index (χ4n) is 4.77. The highest BCUT2D eigenvalue weighted by Gasteiger charge is 2.30. The number of benzene rings is 2. The van der Waals surface area contributed by atoms with Gasteiger partial charge in [-0.3, -0.25) is 14.3 Å². The largest absolute Gasteiger partial charge is 0.353 e. The molecule has 0 bridgehead atoms. The predicted octanol–water partition coefficient (Wildman–Crippen LogP) is 4.10. The number of piperidine rings is 1. The molecule has 0 radical (unpaired) electrons. The number of hydrogen-bond donors (Lipinski definition) is 2. The molecule has 1 atom stereocenters. The number of aryl methyl sites for hydroxylation is 1. The summed E-state index contributed by atoms with van der Waals surface area (Å²) in [6, 6.07) is 13.4. The normalized spacial score (nSPS) is 19.4. The van der Waals surface area contributed by atoms with Gasteiger partial charge in [0.15, 0.2) is 0 Å². The lowest BCUT2D eigenvalue weighted by Crippen LogP contribution is -2.47. The number of sulfonamides is 1. The van der Waals surface area contributed by atoms with E-state index in [9.17, 15) is 18.0 Å². The highest BCUT2D eigenvalue weighted by Crippen LogP contribution is 2.23. The lowest BCUT2D eigenvalue weighted by molar-refractivity contribution is -0.127. The van der Waals surface area contributed by atoms with Gasteiger partial charge in [-0.05, 0) is 62.9 Å². The maximum absolute atomic E-state index is 13.2. The molecule has 2 aliphatic rings. The van der Waals surface area contributed by atoms with E-state index in [4.69, 9.17) is 0 Å². The number of anilines is 1. The molecule has 1 aliphatic carbocycles. The predicted molar refractivity (Wildman–Crippen MR) is 132 cm³/mol. The third-order valence-corrected chi connectivity index (χ3v) is 8.12. The first-order valence-electron chi connectivity index (χ1n) is 12.1. The first kappa shape index (κ1) is 24.3. The SMILES string of the molecule is Cc1ccc(S(=O)(=O)Nc2cccc(C(=O)N3CCCC(C(=O)NC4CCCCC4)C3)c2)cc1. The molecule has 1 heterocycles. The summed E-state index contributed by atoms with van der Waals surface area (Å²) in [5.41, 5.74) is 1.70. The number of rotatable bonds is 6. The van der Waals surface area contributed by atoms with Crippen molar-refractivity contribution in [2.24, 2.45) is 5.92 Å². The number of carbonyl (C=O) groups is 2. The van der Waals surface area contributed by atoms with Crippen LogP contribution in [-0.2, 0) is 14.8 Å². The minimum absolute atomic E-state index is 0.0454. The summed E-state index contributed by atoms with van der Waals surface area (Å²) < 4.78 is 28.0. The fraction of sp³-hybridized carbons (Fsp3) is 0.462. The van der Waals surface area contributed by atoms with Crippen LogP contribution in [0.4, 0.5) is 5.69 Å². The van der Waals surface area contributed by atoms with E-state index in [-0.39, 0.29) is 28.7 Å². The van der Waals surface area contributed by atoms with E-state index in [1.54, 1.807) is 53.4 Å². The molecule has 1 saturated carbocycles. The number of carbonyl (C=O) groups excluding carboxylic acids is 2. The zero-order valence-corrected chi connectivity index (χ0v) is 20.4. The van der Waals surface area contributed by atoms with Crippen molar-refractivity contribution in [1.29, 1.82) is 0 Å². The summed E-state index contributed by atoms with van der Waals surface area (Å²) in [5.74, 6) is -0.349. The molecule has 0 spiro atoms. The van der Waals surface area contributed by atoms with Gasteiger partial charge in [-0.25, -0.2) is 8.42 Å². The lowest BCUT2D eigenvalue weighted by atomic mass is 9.92. The molecule has 1 unspecified atom stereocenters. The van der Waals surface area contributed by atoms with Crippen LogP contribution in [0.2, 0.25) is 0 Å². The van der Waals surface area contributed by atoms with Gasteiger partial charge in [0.25, 0.3) is 15.9 Å². The second-order valence-corrected chi connectivity index (χ2v) is 11.1. The van der Waals surface area contributed by atoms with Crippen LogP contribution in [0.1, 0.15) is 60.9 Å². The molecule has 182 valence electrons. The van der Waals surface area contributed by atoms with E-state index < -0.39 is 10.0 Å². The van der Waals surface area contributed by atoms with E-state index in [2.05, 4.69) is 10.0 Å². The van der Waals surface area contributed by atoms with Crippen LogP contribution in [0.25, 0.3) is 0 Å². The molecule has 2 amide bonds. The van der Waals surface area contributed by atoms with E-state index >= 15 is 0 Å². The third-order valence-electron chi connectivity index (χ3n) is 6.72. The number of nitrogens with one attached hydrogen (secondary N) is 2. The number of amides is 2. The van der Waals surface area contributed by atoms with Gasteiger partial charge < -0.3 is 10.2 Å². The van der Waals surface area contributed by atoms with Gasteiger partial charge in [-0.2, -0.15) is 0 Å². The monoisotopic (exact) mass is 483 g/mol. The van der Waals surface area contributed by atoms with Gasteiger partial charge in [0.2, 0.25) is 5.91 Å². The van der Waals surface area contributed by atoms with Crippen LogP contribution in [0.3, 0.4) is 0 Å². The van der Waals surface area contributed by atoms with E-state index in [1.807, 2.05) is 6.92 Å². The van der Waals surface area contributed by atoms with E-state index in [0.29, 0.717) is 24.3 Å². The number of nitrogens with zero attached hydrogens (tertiary/aromatic N) is 1. The summed E-state index contributed by atoms with van der Waals surface area (Å²) in [6.07, 6.45) is 7.17. The van der Waals surface area contributed by atoms with Crippen molar-refractivity contribution in [3.05, 3.63) is 59.7 Å². The average Bonchev–Trinajstić information content (AvgIpc) is 2.84. The second-order valence-electron chi connectivity index (χ2n) is 9.43. The molecular formula is C26H33N3O4S. The average molecular weight is 484 g/mol. The molecule has 8 heteroatoms. The van der Waals surface area contributed by atoms with Crippen molar-refractivity contribution in [3.8, 4) is 0 Å². The summed E-state index contributed by atoms with van der Waals surface area (Å²) in [7, 11) is -3.76. The minimum atomic E-state index is -3.76. The molecule has 34 heavy (non-hydrogen) atoms. The van der Waals surface area contributed by atoms with Crippen molar-refractivity contribution in [3.63, 3.8) is 0 Å². The Balaban J connectivity index is 1.41. The van der Waals surface area contributed by atoms with Gasteiger partial charge in [0.05, 0.1) is 10.8 Å². The Morgan fingerprint density at radius 1 is 0.941 bits per heavy atom. The molecule has 7 nitrogen and oxygen atoms in total. The third kappa shape index (κ3) is 5.97. The van der Waals surface area contributed by atoms with Crippen molar-refractivity contribution in [2.45, 2.75) is 62.8 Å². The summed E-state index contributed by atoms with van der Waals surface area (Å²) in [4.78, 5) is 27.9. The molecule has 2 fully saturated rings. The van der Waals surface area contributed by atoms with Crippen molar-refractivity contribution in [1.82, 2.24) is 10.2 Å². The zero-order valence-electron chi connectivity index (χ0n) is 19.6. The van der Waals surface area contributed by atoms with E-state index in [0.717, 1.165) is 44.1 Å². The van der Waals surface area contributed by atoms with Crippen molar-refractivity contribution in [2.75, 3.05) is 17.8 Å². The smallest absolute Gasteiger partial charge is 0.261 e. The van der Waals surface area contributed by atoms with Crippen LogP contribution in [0.5, 0.6) is 0 Å². The maximum Gasteiger partial charge on any atom is 0.261 e. The maximum atomic E-state index is 13.2. The van der Waals surface area contributed by atoms with Gasteiger partial charge in [-0.1, -0.05) is 43.0 Å². The first-order valence-corrected chi connectivity index (χ1v) is 13.6. The lowest BCUT2D eigenvalue weighted by Gasteiger charge is -2.33. The Bertz CT molecular complexity index is 1120. The highest BCUT2D eigenvalue weighted by atomic mass is 32.2.